The molecule has 0 saturated carbocycles. The Morgan fingerprint density at radius 1 is 0.898 bits per heavy atom. The molecule has 4 aromatic rings. The maximum Gasteiger partial charge on any atom is 0.433 e. The Hall–Kier alpha value is -5.16. The molecule has 1 atom stereocenters. The van der Waals surface area contributed by atoms with E-state index in [1.165, 1.54) is 23.1 Å². The van der Waals surface area contributed by atoms with Crippen molar-refractivity contribution in [2.24, 2.45) is 0 Å². The van der Waals surface area contributed by atoms with Crippen LogP contribution >= 0.6 is 0 Å². The molecule has 2 amide bonds. The Kier molecular flexibility index (Phi) is 11.7. The first-order valence-corrected chi connectivity index (χ1v) is 16.0. The monoisotopic (exact) mass is 672 g/mol. The summed E-state index contributed by atoms with van der Waals surface area (Å²) in [6.45, 7) is 3.29. The topological polar surface area (TPSA) is 75.2 Å². The van der Waals surface area contributed by atoms with Crippen molar-refractivity contribution >= 4 is 23.6 Å². The van der Waals surface area contributed by atoms with E-state index in [0.29, 0.717) is 31.1 Å². The average molecular weight is 673 g/mol. The van der Waals surface area contributed by atoms with Crippen LogP contribution in [0.5, 0.6) is 5.75 Å². The molecule has 1 fully saturated rings. The van der Waals surface area contributed by atoms with Crippen LogP contribution in [0.2, 0.25) is 0 Å². The van der Waals surface area contributed by atoms with Gasteiger partial charge in [-0.1, -0.05) is 60.7 Å². The van der Waals surface area contributed by atoms with Gasteiger partial charge in [-0.15, -0.1) is 0 Å². The summed E-state index contributed by atoms with van der Waals surface area (Å²) in [5.74, 6) is -0.0297. The lowest BCUT2D eigenvalue weighted by atomic mass is 10.0. The Morgan fingerprint density at radius 2 is 1.55 bits per heavy atom. The first-order chi connectivity index (χ1) is 23.6. The van der Waals surface area contributed by atoms with Gasteiger partial charge in [0.25, 0.3) is 0 Å². The number of likely N-dealkylation sites (N-methyl/N-ethyl adjacent to an activating group) is 1. The molecule has 1 aliphatic heterocycles. The van der Waals surface area contributed by atoms with E-state index in [2.05, 4.69) is 9.88 Å². The van der Waals surface area contributed by atoms with Gasteiger partial charge in [0.2, 0.25) is 11.8 Å². The molecule has 1 aromatic heterocycles. The number of carbonyl (C=O) groups is 2. The van der Waals surface area contributed by atoms with Gasteiger partial charge in [-0.05, 0) is 58.7 Å². The third-order valence-corrected chi connectivity index (χ3v) is 8.33. The van der Waals surface area contributed by atoms with Crippen LogP contribution in [0, 0.1) is 0 Å². The summed E-state index contributed by atoms with van der Waals surface area (Å²) in [6.07, 6.45) is -0.568. The van der Waals surface area contributed by atoms with E-state index in [1.807, 2.05) is 78.9 Å². The van der Waals surface area contributed by atoms with Crippen LogP contribution in [0.4, 0.5) is 18.9 Å². The summed E-state index contributed by atoms with van der Waals surface area (Å²) >= 11 is 0. The highest BCUT2D eigenvalue weighted by molar-refractivity contribution is 5.95. The highest BCUT2D eigenvalue weighted by Gasteiger charge is 2.33. The zero-order valence-electron chi connectivity index (χ0n) is 27.5. The number of carbonyl (C=O) groups excluding carboxylic acids is 2. The van der Waals surface area contributed by atoms with Crippen molar-refractivity contribution in [3.8, 4) is 5.75 Å². The number of pyridine rings is 1. The molecule has 0 aliphatic carbocycles. The van der Waals surface area contributed by atoms with Crippen LogP contribution < -0.4 is 9.64 Å². The number of anilines is 1. The molecule has 8 nitrogen and oxygen atoms in total. The summed E-state index contributed by atoms with van der Waals surface area (Å²) in [5, 5.41) is 0. The third-order valence-electron chi connectivity index (χ3n) is 8.33. The van der Waals surface area contributed by atoms with E-state index in [4.69, 9.17) is 9.47 Å². The van der Waals surface area contributed by atoms with Crippen LogP contribution in [0.25, 0.3) is 6.08 Å². The van der Waals surface area contributed by atoms with Gasteiger partial charge in [0, 0.05) is 57.6 Å². The number of rotatable bonds is 12. The molecule has 49 heavy (non-hydrogen) atoms. The molecule has 256 valence electrons. The molecule has 0 unspecified atom stereocenters. The number of ether oxygens (including phenoxy) is 2. The number of nitrogens with zero attached hydrogens (tertiary/aromatic N) is 4. The Morgan fingerprint density at radius 3 is 2.16 bits per heavy atom. The second-order valence-electron chi connectivity index (χ2n) is 11.8. The maximum absolute atomic E-state index is 14.3. The normalized spacial score (nSPS) is 14.0. The van der Waals surface area contributed by atoms with Crippen LogP contribution in [0.1, 0.15) is 27.9 Å². The summed E-state index contributed by atoms with van der Waals surface area (Å²) in [4.78, 5) is 37.3. The van der Waals surface area contributed by atoms with Gasteiger partial charge in [-0.3, -0.25) is 14.6 Å². The third kappa shape index (κ3) is 9.70. The molecule has 0 radical (unpaired) electrons. The molecule has 1 saturated heterocycles. The molecule has 2 heterocycles. The van der Waals surface area contributed by atoms with E-state index in [9.17, 15) is 22.8 Å². The number of hydrogen-bond donors (Lipinski definition) is 0. The first-order valence-electron chi connectivity index (χ1n) is 16.0. The lowest BCUT2D eigenvalue weighted by molar-refractivity contribution is -0.143. The summed E-state index contributed by atoms with van der Waals surface area (Å²) < 4.78 is 49.9. The lowest BCUT2D eigenvalue weighted by Crippen LogP contribution is -2.50. The maximum atomic E-state index is 14.3. The fourth-order valence-corrected chi connectivity index (χ4v) is 5.61. The smallest absolute Gasteiger partial charge is 0.433 e. The second kappa shape index (κ2) is 16.3. The van der Waals surface area contributed by atoms with Gasteiger partial charge in [0.15, 0.2) is 0 Å². The van der Waals surface area contributed by atoms with Gasteiger partial charge < -0.3 is 24.2 Å². The van der Waals surface area contributed by atoms with Crippen LogP contribution in [0.15, 0.2) is 103 Å². The molecule has 0 spiro atoms. The number of alkyl halides is 3. The fraction of sp³-hybridized carbons (Fsp3) is 0.289. The van der Waals surface area contributed by atoms with E-state index in [0.717, 1.165) is 47.7 Å². The largest absolute Gasteiger partial charge is 0.497 e. The molecule has 5 rings (SSSR count). The van der Waals surface area contributed by atoms with Gasteiger partial charge in [-0.25, -0.2) is 0 Å². The minimum Gasteiger partial charge on any atom is -0.497 e. The number of methoxy groups -OCH3 is 1. The number of aromatic nitrogens is 1. The fourth-order valence-electron chi connectivity index (χ4n) is 5.61. The zero-order valence-corrected chi connectivity index (χ0v) is 27.5. The number of halogens is 3. The zero-order chi connectivity index (χ0) is 34.8. The highest BCUT2D eigenvalue weighted by atomic mass is 19.4. The van der Waals surface area contributed by atoms with Gasteiger partial charge >= 0.3 is 6.18 Å². The number of morpholine rings is 1. The number of hydrogen-bond acceptors (Lipinski definition) is 6. The SMILES string of the molecule is COc1ccc(CN(C)C(=O)[C@H](Cc2ccccc2)N(Cc2ccc(N3CCOCC3)cc2)C(=O)C=Cc2ccc(C(F)(F)F)nc2)cc1. The molecule has 1 aliphatic rings. The molecular weight excluding hydrogens is 633 g/mol. The summed E-state index contributed by atoms with van der Waals surface area (Å²) in [7, 11) is 3.29. The van der Waals surface area contributed by atoms with Crippen molar-refractivity contribution in [3.05, 3.63) is 131 Å². The number of benzene rings is 3. The molecule has 3 aromatic carbocycles. The van der Waals surface area contributed by atoms with Gasteiger partial charge in [-0.2, -0.15) is 13.2 Å². The van der Waals surface area contributed by atoms with Crippen molar-refractivity contribution in [2.45, 2.75) is 31.7 Å². The van der Waals surface area contributed by atoms with Crippen molar-refractivity contribution in [2.75, 3.05) is 45.4 Å². The molecule has 0 N–H and O–H groups in total. The Balaban J connectivity index is 1.46. The van der Waals surface area contributed by atoms with Crippen molar-refractivity contribution < 1.29 is 32.2 Å². The second-order valence-corrected chi connectivity index (χ2v) is 11.8. The highest BCUT2D eigenvalue weighted by Crippen LogP contribution is 2.27. The average Bonchev–Trinajstić information content (AvgIpc) is 3.13. The summed E-state index contributed by atoms with van der Waals surface area (Å²) in [5.41, 5.74) is 2.91. The molecule has 0 bridgehead atoms. The van der Waals surface area contributed by atoms with Crippen molar-refractivity contribution in [1.29, 1.82) is 0 Å². The quantitative estimate of drug-likeness (QED) is 0.166. The van der Waals surface area contributed by atoms with E-state index < -0.39 is 23.8 Å². The van der Waals surface area contributed by atoms with Crippen LogP contribution in [0.3, 0.4) is 0 Å². The predicted molar refractivity (Wildman–Crippen MR) is 182 cm³/mol. The van der Waals surface area contributed by atoms with E-state index in [-0.39, 0.29) is 18.9 Å². The lowest BCUT2D eigenvalue weighted by Gasteiger charge is -2.34. The molecule has 11 heteroatoms. The molecular formula is C38H39F3N4O4. The minimum absolute atomic E-state index is 0.122. The number of amides is 2. The Labute approximate surface area is 284 Å². The van der Waals surface area contributed by atoms with Crippen LogP contribution in [-0.2, 0) is 40.0 Å². The van der Waals surface area contributed by atoms with Crippen molar-refractivity contribution in [1.82, 2.24) is 14.8 Å². The minimum atomic E-state index is -4.57. The van der Waals surface area contributed by atoms with E-state index in [1.54, 1.807) is 19.1 Å². The Bertz CT molecular complexity index is 1690. The van der Waals surface area contributed by atoms with Gasteiger partial charge in [0.1, 0.15) is 17.5 Å². The first kappa shape index (κ1) is 35.2. The van der Waals surface area contributed by atoms with Crippen molar-refractivity contribution in [3.63, 3.8) is 0 Å². The van der Waals surface area contributed by atoms with E-state index >= 15 is 0 Å². The standard InChI is InChI=1S/C38H39F3N4O4/c1-43(26-30-10-16-33(48-2)17-11-30)37(47)34(24-28-6-4-3-5-7-28)45(27-31-8-14-32(15-9-31)44-20-22-49-23-21-44)36(46)19-13-29-12-18-35(42-25-29)38(39,40)41/h3-19,25,34H,20-24,26-27H2,1-2H3/t34-/m0/s1. The van der Waals surface area contributed by atoms with Gasteiger partial charge in [0.05, 0.1) is 20.3 Å². The summed E-state index contributed by atoms with van der Waals surface area (Å²) in [6, 6.07) is 26.0. The van der Waals surface area contributed by atoms with Crippen LogP contribution in [-0.4, -0.2) is 73.1 Å². The predicted octanol–water partition coefficient (Wildman–Crippen LogP) is 6.26.